The largest absolute Gasteiger partial charge is 0.497 e. The number of benzene rings is 2. The van der Waals surface area contributed by atoms with Crippen LogP contribution in [0.15, 0.2) is 83.6 Å². The zero-order chi connectivity index (χ0) is 27.0. The molecule has 0 aliphatic carbocycles. The highest BCUT2D eigenvalue weighted by atomic mass is 19.4. The molecule has 196 valence electrons. The van der Waals surface area contributed by atoms with Crippen molar-refractivity contribution < 1.29 is 22.7 Å². The molecule has 9 heteroatoms. The molecule has 1 saturated heterocycles. The molecule has 2 N–H and O–H groups in total. The van der Waals surface area contributed by atoms with Crippen LogP contribution in [0, 0.1) is 5.92 Å². The van der Waals surface area contributed by atoms with Crippen LogP contribution in [0.2, 0.25) is 0 Å². The van der Waals surface area contributed by atoms with Crippen LogP contribution >= 0.6 is 0 Å². The topological polar surface area (TPSA) is 66.0 Å². The average Bonchev–Trinajstić information content (AvgIpc) is 3.35. The van der Waals surface area contributed by atoms with Crippen molar-refractivity contribution in [3.63, 3.8) is 0 Å². The van der Waals surface area contributed by atoms with Gasteiger partial charge in [0.05, 0.1) is 12.8 Å². The molecule has 36 heavy (non-hydrogen) atoms. The number of halogens is 3. The third-order valence-corrected chi connectivity index (χ3v) is 5.05. The van der Waals surface area contributed by atoms with Crippen LogP contribution in [0.3, 0.4) is 0 Å². The minimum Gasteiger partial charge on any atom is -0.497 e. The van der Waals surface area contributed by atoms with Gasteiger partial charge in [0.1, 0.15) is 5.75 Å². The molecule has 1 unspecified atom stereocenters. The molecule has 0 radical (unpaired) electrons. The van der Waals surface area contributed by atoms with Gasteiger partial charge in [0.25, 0.3) is 0 Å². The summed E-state index contributed by atoms with van der Waals surface area (Å²) in [5, 5.41) is 6.25. The van der Waals surface area contributed by atoms with Gasteiger partial charge in [-0.05, 0) is 54.5 Å². The van der Waals surface area contributed by atoms with Crippen LogP contribution in [0.25, 0.3) is 0 Å². The molecule has 2 aromatic rings. The number of likely N-dealkylation sites (tertiary alicyclic amines) is 1. The number of hydrogen-bond acceptors (Lipinski definition) is 5. The van der Waals surface area contributed by atoms with Crippen molar-refractivity contribution in [1.29, 1.82) is 0 Å². The van der Waals surface area contributed by atoms with Gasteiger partial charge in [-0.1, -0.05) is 24.8 Å². The van der Waals surface area contributed by atoms with Crippen molar-refractivity contribution in [3.05, 3.63) is 84.2 Å². The molecule has 1 aliphatic rings. The molecule has 0 spiro atoms. The number of hydrogen-bond donors (Lipinski definition) is 2. The van der Waals surface area contributed by atoms with Gasteiger partial charge in [0.2, 0.25) is 6.41 Å². The summed E-state index contributed by atoms with van der Waals surface area (Å²) in [6.07, 6.45) is 1.39. The second kappa shape index (κ2) is 16.0. The maximum Gasteiger partial charge on any atom is 0.386 e. The second-order valence-corrected chi connectivity index (χ2v) is 7.77. The normalized spacial score (nSPS) is 15.5. The summed E-state index contributed by atoms with van der Waals surface area (Å²) in [4.78, 5) is 17.2. The lowest BCUT2D eigenvalue weighted by molar-refractivity contribution is -0.117. The average molecular weight is 505 g/mol. The van der Waals surface area contributed by atoms with Gasteiger partial charge in [-0.25, -0.2) is 0 Å². The van der Waals surface area contributed by atoms with Crippen molar-refractivity contribution in [3.8, 4) is 5.75 Å². The van der Waals surface area contributed by atoms with Crippen molar-refractivity contribution >= 4 is 18.3 Å². The molecule has 1 amide bonds. The summed E-state index contributed by atoms with van der Waals surface area (Å²) in [5.41, 5.74) is 3.98. The van der Waals surface area contributed by atoms with E-state index in [2.05, 4.69) is 22.2 Å². The zero-order valence-corrected chi connectivity index (χ0v) is 21.2. The standard InChI is InChI=1S/C18H23N3O2.C7H9N.C2H3F3/c1-4-17(18(19-2)15-9-10-21(12-15)13-22)20-11-14-5-7-16(23-3)8-6-14;1-8-7-5-3-2-4-6-7;1-2(3,4)5/h4-8,11,13,15,19H,1,9-10,12H2,2-3H3;2-6,8H,1H3;1H3/b18-17+,20-11?;;. The highest BCUT2D eigenvalue weighted by Crippen LogP contribution is 2.24. The first-order chi connectivity index (χ1) is 17.1. The van der Waals surface area contributed by atoms with Crippen LogP contribution in [0.4, 0.5) is 18.9 Å². The lowest BCUT2D eigenvalue weighted by atomic mass is 10.0. The van der Waals surface area contributed by atoms with E-state index in [1.54, 1.807) is 24.3 Å². The summed E-state index contributed by atoms with van der Waals surface area (Å²) in [6.45, 7) is 5.55. The molecule has 1 fully saturated rings. The molecule has 2 aromatic carbocycles. The Labute approximate surface area is 211 Å². The molecular formula is C27H35F3N4O2. The minimum atomic E-state index is -4.00. The molecule has 6 nitrogen and oxygen atoms in total. The van der Waals surface area contributed by atoms with E-state index in [1.165, 1.54) is 0 Å². The molecule has 1 aliphatic heterocycles. The Morgan fingerprint density at radius 3 is 2.17 bits per heavy atom. The Kier molecular flexibility index (Phi) is 13.5. The fourth-order valence-corrected chi connectivity index (χ4v) is 3.33. The first-order valence-corrected chi connectivity index (χ1v) is 11.4. The third kappa shape index (κ3) is 12.1. The van der Waals surface area contributed by atoms with Crippen molar-refractivity contribution in [2.45, 2.75) is 19.5 Å². The van der Waals surface area contributed by atoms with Crippen molar-refractivity contribution in [2.24, 2.45) is 10.9 Å². The van der Waals surface area contributed by atoms with Gasteiger partial charge in [-0.3, -0.25) is 9.79 Å². The minimum absolute atomic E-state index is 0.188. The summed E-state index contributed by atoms with van der Waals surface area (Å²) in [7, 11) is 5.44. The van der Waals surface area contributed by atoms with Crippen LogP contribution in [-0.4, -0.2) is 58.0 Å². The van der Waals surface area contributed by atoms with E-state index in [9.17, 15) is 18.0 Å². The summed E-state index contributed by atoms with van der Waals surface area (Å²) < 4.78 is 36.2. The van der Waals surface area contributed by atoms with E-state index >= 15 is 0 Å². The van der Waals surface area contributed by atoms with Gasteiger partial charge in [0.15, 0.2) is 0 Å². The number of anilines is 1. The highest BCUT2D eigenvalue weighted by Gasteiger charge is 2.25. The number of rotatable bonds is 8. The summed E-state index contributed by atoms with van der Waals surface area (Å²) in [5.74, 6) is 1.09. The molecule has 0 bridgehead atoms. The molecule has 1 heterocycles. The Hall–Kier alpha value is -3.75. The Morgan fingerprint density at radius 2 is 1.75 bits per heavy atom. The summed E-state index contributed by atoms with van der Waals surface area (Å²) >= 11 is 0. The van der Waals surface area contributed by atoms with Crippen molar-refractivity contribution in [1.82, 2.24) is 10.2 Å². The first-order valence-electron chi connectivity index (χ1n) is 11.4. The lowest BCUT2D eigenvalue weighted by Gasteiger charge is -2.16. The Morgan fingerprint density at radius 1 is 1.14 bits per heavy atom. The molecule has 1 atom stereocenters. The SMILES string of the molecule is C=C/C(N=Cc1ccc(OC)cc1)=C(\NC)C1CCN(C=O)C1.CC(F)(F)F.CNc1ccccc1. The number of carbonyl (C=O) groups is 1. The number of ether oxygens (including phenoxy) is 1. The maximum absolute atomic E-state index is 10.9. The molecule has 3 rings (SSSR count). The monoisotopic (exact) mass is 504 g/mol. The summed E-state index contributed by atoms with van der Waals surface area (Å²) in [6, 6.07) is 17.8. The maximum atomic E-state index is 10.9. The second-order valence-electron chi connectivity index (χ2n) is 7.77. The van der Waals surface area contributed by atoms with Crippen LogP contribution < -0.4 is 15.4 Å². The lowest BCUT2D eigenvalue weighted by Crippen LogP contribution is -2.23. The quantitative estimate of drug-likeness (QED) is 0.283. The van der Waals surface area contributed by atoms with E-state index in [1.807, 2.05) is 68.7 Å². The van der Waals surface area contributed by atoms with E-state index in [-0.39, 0.29) is 12.8 Å². The van der Waals surface area contributed by atoms with E-state index < -0.39 is 6.18 Å². The van der Waals surface area contributed by atoms with Gasteiger partial charge in [-0.2, -0.15) is 13.2 Å². The number of methoxy groups -OCH3 is 1. The van der Waals surface area contributed by atoms with Gasteiger partial charge < -0.3 is 20.3 Å². The molecule has 0 saturated carbocycles. The number of para-hydroxylation sites is 1. The molecular weight excluding hydrogens is 469 g/mol. The van der Waals surface area contributed by atoms with Crippen LogP contribution in [0.5, 0.6) is 5.75 Å². The third-order valence-electron chi connectivity index (χ3n) is 5.05. The predicted octanol–water partition coefficient (Wildman–Crippen LogP) is 5.51. The number of aliphatic imine (C=N–C) groups is 1. The number of carbonyl (C=O) groups excluding carboxylic acids is 1. The van der Waals surface area contributed by atoms with Crippen molar-refractivity contribution in [2.75, 3.05) is 39.6 Å². The number of allylic oxidation sites excluding steroid dienone is 1. The van der Waals surface area contributed by atoms with Gasteiger partial charge >= 0.3 is 6.18 Å². The number of alkyl halides is 3. The fraction of sp³-hybridized carbons (Fsp3) is 0.333. The van der Waals surface area contributed by atoms with E-state index in [0.29, 0.717) is 0 Å². The molecule has 0 aromatic heterocycles. The Balaban J connectivity index is 0.000000407. The Bertz CT molecular complexity index is 969. The van der Waals surface area contributed by atoms with E-state index in [4.69, 9.17) is 4.74 Å². The zero-order valence-electron chi connectivity index (χ0n) is 21.2. The highest BCUT2D eigenvalue weighted by molar-refractivity contribution is 5.80. The van der Waals surface area contributed by atoms with Crippen LogP contribution in [-0.2, 0) is 4.79 Å². The van der Waals surface area contributed by atoms with Gasteiger partial charge in [-0.15, -0.1) is 0 Å². The first kappa shape index (κ1) is 30.3. The van der Waals surface area contributed by atoms with Gasteiger partial charge in [0, 0.05) is 57.6 Å². The predicted molar refractivity (Wildman–Crippen MR) is 140 cm³/mol. The smallest absolute Gasteiger partial charge is 0.386 e. The number of amides is 1. The van der Waals surface area contributed by atoms with Crippen LogP contribution in [0.1, 0.15) is 18.9 Å². The number of nitrogens with one attached hydrogen (secondary N) is 2. The van der Waals surface area contributed by atoms with E-state index in [0.717, 1.165) is 54.3 Å². The number of nitrogens with zero attached hydrogens (tertiary/aromatic N) is 2. The fourth-order valence-electron chi connectivity index (χ4n) is 3.33.